The molecule has 1 aromatic carbocycles. The second-order valence-corrected chi connectivity index (χ2v) is 3.74. The van der Waals surface area contributed by atoms with E-state index < -0.39 is 18.9 Å². The number of rotatable bonds is 2. The predicted molar refractivity (Wildman–Crippen MR) is 55.2 cm³/mol. The number of carbonyl (C=O) groups is 1. The average Bonchev–Trinajstić information content (AvgIpc) is 2.14. The van der Waals surface area contributed by atoms with Gasteiger partial charge in [0.05, 0.1) is 0 Å². The lowest BCUT2D eigenvalue weighted by Gasteiger charge is -2.09. The van der Waals surface area contributed by atoms with Gasteiger partial charge in [0.2, 0.25) is 0 Å². The maximum Gasteiger partial charge on any atom is 0.422 e. The van der Waals surface area contributed by atoms with Crippen LogP contribution in [0.5, 0.6) is 0 Å². The Morgan fingerprint density at radius 2 is 2.12 bits per heavy atom. The van der Waals surface area contributed by atoms with Crippen molar-refractivity contribution >= 4 is 27.7 Å². The number of halogens is 4. The first-order valence-electron chi connectivity index (χ1n) is 4.13. The molecule has 0 heterocycles. The number of hydrogen-bond donors (Lipinski definition) is 1. The molecule has 0 aliphatic heterocycles. The smallest absolute Gasteiger partial charge is 0.422 e. The van der Waals surface area contributed by atoms with Gasteiger partial charge in [-0.3, -0.25) is 5.32 Å². The van der Waals surface area contributed by atoms with E-state index in [0.29, 0.717) is 10.2 Å². The van der Waals surface area contributed by atoms with Gasteiger partial charge in [-0.25, -0.2) is 4.79 Å². The minimum absolute atomic E-state index is 0.349. The number of hydrogen-bond acceptors (Lipinski definition) is 2. The molecule has 0 fully saturated rings. The van der Waals surface area contributed by atoms with Crippen molar-refractivity contribution in [2.45, 2.75) is 6.18 Å². The third-order valence-electron chi connectivity index (χ3n) is 1.44. The largest absolute Gasteiger partial charge is 0.440 e. The molecule has 0 atom stereocenters. The van der Waals surface area contributed by atoms with E-state index in [1.54, 1.807) is 12.1 Å². The number of nitrogens with one attached hydrogen (secondary N) is 1. The van der Waals surface area contributed by atoms with Gasteiger partial charge in [-0.1, -0.05) is 22.0 Å². The maximum atomic E-state index is 11.7. The fraction of sp³-hybridized carbons (Fsp3) is 0.222. The summed E-state index contributed by atoms with van der Waals surface area (Å²) in [6, 6.07) is 6.41. The zero-order valence-corrected chi connectivity index (χ0v) is 9.43. The number of carbonyl (C=O) groups excluding carboxylic acids is 1. The summed E-state index contributed by atoms with van der Waals surface area (Å²) in [7, 11) is 0. The van der Waals surface area contributed by atoms with Crippen molar-refractivity contribution in [3.05, 3.63) is 28.7 Å². The van der Waals surface area contributed by atoms with Crippen molar-refractivity contribution < 1.29 is 22.7 Å². The summed E-state index contributed by atoms with van der Waals surface area (Å²) < 4.78 is 39.8. The topological polar surface area (TPSA) is 38.3 Å². The molecule has 16 heavy (non-hydrogen) atoms. The fourth-order valence-corrected chi connectivity index (χ4v) is 1.27. The Kier molecular flexibility index (Phi) is 4.17. The van der Waals surface area contributed by atoms with Crippen LogP contribution < -0.4 is 5.32 Å². The van der Waals surface area contributed by atoms with Crippen molar-refractivity contribution in [3.8, 4) is 0 Å². The fourth-order valence-electron chi connectivity index (χ4n) is 0.868. The highest BCUT2D eigenvalue weighted by Gasteiger charge is 2.29. The van der Waals surface area contributed by atoms with E-state index in [-0.39, 0.29) is 0 Å². The highest BCUT2D eigenvalue weighted by Crippen LogP contribution is 2.17. The first-order valence-corrected chi connectivity index (χ1v) is 4.92. The molecule has 1 aromatic rings. The minimum Gasteiger partial charge on any atom is -0.440 e. The second kappa shape index (κ2) is 5.20. The molecule has 0 saturated heterocycles. The Bertz CT molecular complexity index is 381. The monoisotopic (exact) mass is 297 g/mol. The van der Waals surface area contributed by atoms with E-state index in [4.69, 9.17) is 0 Å². The molecule has 1 amide bonds. The number of anilines is 1. The van der Waals surface area contributed by atoms with Crippen LogP contribution in [0.15, 0.2) is 28.7 Å². The Hall–Kier alpha value is -1.24. The van der Waals surface area contributed by atoms with Crippen LogP contribution in [0.3, 0.4) is 0 Å². The van der Waals surface area contributed by atoms with Crippen LogP contribution in [0.25, 0.3) is 0 Å². The quantitative estimate of drug-likeness (QED) is 0.906. The summed E-state index contributed by atoms with van der Waals surface area (Å²) in [5, 5.41) is 2.16. The Balaban J connectivity index is 2.46. The van der Waals surface area contributed by atoms with Gasteiger partial charge in [-0.2, -0.15) is 13.2 Å². The number of alkyl halides is 3. The molecule has 7 heteroatoms. The van der Waals surface area contributed by atoms with Crippen LogP contribution >= 0.6 is 15.9 Å². The molecule has 1 rings (SSSR count). The number of amides is 1. The highest BCUT2D eigenvalue weighted by atomic mass is 79.9. The zero-order valence-electron chi connectivity index (χ0n) is 7.84. The van der Waals surface area contributed by atoms with Crippen LogP contribution in [0.4, 0.5) is 23.7 Å². The van der Waals surface area contributed by atoms with Gasteiger partial charge in [0, 0.05) is 10.2 Å². The van der Waals surface area contributed by atoms with E-state index in [9.17, 15) is 18.0 Å². The summed E-state index contributed by atoms with van der Waals surface area (Å²) >= 11 is 3.15. The SMILES string of the molecule is O=C(Nc1cccc(Br)c1)OCC(F)(F)F. The number of ether oxygens (including phenoxy) is 1. The predicted octanol–water partition coefficient (Wildman–Crippen LogP) is 3.56. The molecule has 1 N–H and O–H groups in total. The van der Waals surface area contributed by atoms with E-state index >= 15 is 0 Å². The van der Waals surface area contributed by atoms with Crippen molar-refractivity contribution in [2.24, 2.45) is 0 Å². The van der Waals surface area contributed by atoms with Crippen LogP contribution in [0.1, 0.15) is 0 Å². The molecule has 0 spiro atoms. The normalized spacial score (nSPS) is 11.0. The Morgan fingerprint density at radius 1 is 1.44 bits per heavy atom. The van der Waals surface area contributed by atoms with Crippen LogP contribution in [-0.2, 0) is 4.74 Å². The summed E-state index contributed by atoms with van der Waals surface area (Å²) in [6.07, 6.45) is -5.66. The zero-order chi connectivity index (χ0) is 12.2. The standard InChI is InChI=1S/C9H7BrF3NO2/c10-6-2-1-3-7(4-6)14-8(15)16-5-9(11,12)13/h1-4H,5H2,(H,14,15). The lowest BCUT2D eigenvalue weighted by Crippen LogP contribution is -2.23. The molecular formula is C9H7BrF3NO2. The van der Waals surface area contributed by atoms with Gasteiger partial charge in [-0.15, -0.1) is 0 Å². The molecule has 0 saturated carbocycles. The third kappa shape index (κ3) is 5.01. The van der Waals surface area contributed by atoms with Gasteiger partial charge >= 0.3 is 12.3 Å². The number of benzene rings is 1. The van der Waals surface area contributed by atoms with Gasteiger partial charge in [0.15, 0.2) is 6.61 Å². The van der Waals surface area contributed by atoms with Crippen LogP contribution in [0, 0.1) is 0 Å². The average molecular weight is 298 g/mol. The molecule has 88 valence electrons. The van der Waals surface area contributed by atoms with E-state index in [1.807, 2.05) is 0 Å². The Morgan fingerprint density at radius 3 is 2.69 bits per heavy atom. The molecule has 3 nitrogen and oxygen atoms in total. The van der Waals surface area contributed by atoms with Crippen molar-refractivity contribution in [1.82, 2.24) is 0 Å². The first-order chi connectivity index (χ1) is 7.37. The lowest BCUT2D eigenvalue weighted by atomic mass is 10.3. The van der Waals surface area contributed by atoms with Crippen molar-refractivity contribution in [2.75, 3.05) is 11.9 Å². The summed E-state index contributed by atoms with van der Waals surface area (Å²) in [5.74, 6) is 0. The maximum absolute atomic E-state index is 11.7. The summed E-state index contributed by atoms with van der Waals surface area (Å²) in [4.78, 5) is 10.9. The molecule has 0 unspecified atom stereocenters. The first kappa shape index (κ1) is 12.8. The summed E-state index contributed by atoms with van der Waals surface area (Å²) in [6.45, 7) is -1.60. The van der Waals surface area contributed by atoms with Crippen LogP contribution in [0.2, 0.25) is 0 Å². The third-order valence-corrected chi connectivity index (χ3v) is 1.93. The molecule has 0 aliphatic rings. The highest BCUT2D eigenvalue weighted by molar-refractivity contribution is 9.10. The molecule has 0 aromatic heterocycles. The lowest BCUT2D eigenvalue weighted by molar-refractivity contribution is -0.159. The van der Waals surface area contributed by atoms with E-state index in [0.717, 1.165) is 0 Å². The van der Waals surface area contributed by atoms with Gasteiger partial charge in [0.25, 0.3) is 0 Å². The van der Waals surface area contributed by atoms with Crippen LogP contribution in [-0.4, -0.2) is 18.9 Å². The van der Waals surface area contributed by atoms with Gasteiger partial charge in [-0.05, 0) is 18.2 Å². The van der Waals surface area contributed by atoms with E-state index in [1.165, 1.54) is 12.1 Å². The van der Waals surface area contributed by atoms with Gasteiger partial charge < -0.3 is 4.74 Å². The Labute approximate surface area is 97.7 Å². The molecule has 0 bridgehead atoms. The van der Waals surface area contributed by atoms with E-state index in [2.05, 4.69) is 26.0 Å². The van der Waals surface area contributed by atoms with Crippen molar-refractivity contribution in [3.63, 3.8) is 0 Å². The molecular weight excluding hydrogens is 291 g/mol. The second-order valence-electron chi connectivity index (χ2n) is 2.83. The minimum atomic E-state index is -4.52. The summed E-state index contributed by atoms with van der Waals surface area (Å²) in [5.41, 5.74) is 0.349. The van der Waals surface area contributed by atoms with Crippen molar-refractivity contribution in [1.29, 1.82) is 0 Å². The molecule has 0 radical (unpaired) electrons. The molecule has 0 aliphatic carbocycles. The van der Waals surface area contributed by atoms with Gasteiger partial charge in [0.1, 0.15) is 0 Å².